The van der Waals surface area contributed by atoms with Gasteiger partial charge in [0.15, 0.2) is 0 Å². The van der Waals surface area contributed by atoms with Crippen LogP contribution in [0.1, 0.15) is 36.5 Å². The highest BCUT2D eigenvalue weighted by molar-refractivity contribution is 5.97. The fourth-order valence-electron chi connectivity index (χ4n) is 2.33. The fraction of sp³-hybridized carbons (Fsp3) is 0.467. The lowest BCUT2D eigenvalue weighted by atomic mass is 9.68. The van der Waals surface area contributed by atoms with Gasteiger partial charge in [0, 0.05) is 12.2 Å². The van der Waals surface area contributed by atoms with E-state index in [0.29, 0.717) is 24.4 Å². The van der Waals surface area contributed by atoms with E-state index in [1.165, 1.54) is 0 Å². The monoisotopic (exact) mass is 276 g/mol. The van der Waals surface area contributed by atoms with Gasteiger partial charge in [-0.15, -0.1) is 0 Å². The van der Waals surface area contributed by atoms with Crippen molar-refractivity contribution in [2.24, 2.45) is 11.1 Å². The van der Waals surface area contributed by atoms with Gasteiger partial charge >= 0.3 is 5.97 Å². The van der Waals surface area contributed by atoms with Crippen LogP contribution in [0.5, 0.6) is 0 Å². The first-order valence-electron chi connectivity index (χ1n) is 6.90. The quantitative estimate of drug-likeness (QED) is 0.805. The van der Waals surface area contributed by atoms with Gasteiger partial charge in [-0.05, 0) is 38.0 Å². The molecule has 0 atom stereocenters. The van der Waals surface area contributed by atoms with Crippen molar-refractivity contribution in [2.45, 2.75) is 26.2 Å². The van der Waals surface area contributed by atoms with Crippen LogP contribution < -0.4 is 11.1 Å². The molecule has 5 heteroatoms. The Balaban J connectivity index is 2.08. The number of esters is 1. The van der Waals surface area contributed by atoms with Crippen LogP contribution in [0, 0.1) is 5.41 Å². The highest BCUT2D eigenvalue weighted by atomic mass is 16.5. The van der Waals surface area contributed by atoms with Gasteiger partial charge in [0.05, 0.1) is 17.6 Å². The van der Waals surface area contributed by atoms with Gasteiger partial charge in [0.1, 0.15) is 0 Å². The largest absolute Gasteiger partial charge is 0.462 e. The number of amides is 1. The molecule has 0 aliphatic heterocycles. The molecule has 0 unspecified atom stereocenters. The summed E-state index contributed by atoms with van der Waals surface area (Å²) in [7, 11) is 0. The number of rotatable bonds is 5. The number of nitrogens with one attached hydrogen (secondary N) is 1. The first kappa shape index (κ1) is 14.5. The maximum Gasteiger partial charge on any atom is 0.338 e. The Kier molecular flexibility index (Phi) is 4.39. The van der Waals surface area contributed by atoms with Crippen LogP contribution in [0.3, 0.4) is 0 Å². The summed E-state index contributed by atoms with van der Waals surface area (Å²) in [5.74, 6) is -0.451. The van der Waals surface area contributed by atoms with E-state index in [9.17, 15) is 9.59 Å². The summed E-state index contributed by atoms with van der Waals surface area (Å²) in [6.45, 7) is 2.44. The number of benzene rings is 1. The van der Waals surface area contributed by atoms with E-state index >= 15 is 0 Å². The molecule has 0 aromatic heterocycles. The van der Waals surface area contributed by atoms with Gasteiger partial charge in [-0.25, -0.2) is 4.79 Å². The van der Waals surface area contributed by atoms with Crippen molar-refractivity contribution in [2.75, 3.05) is 18.5 Å². The summed E-state index contributed by atoms with van der Waals surface area (Å²) < 4.78 is 4.94. The molecule has 0 bridgehead atoms. The average Bonchev–Trinajstić information content (AvgIpc) is 2.38. The van der Waals surface area contributed by atoms with Gasteiger partial charge in [-0.2, -0.15) is 0 Å². The second-order valence-electron chi connectivity index (χ2n) is 5.09. The van der Waals surface area contributed by atoms with E-state index in [-0.39, 0.29) is 11.9 Å². The van der Waals surface area contributed by atoms with Gasteiger partial charge in [-0.1, -0.05) is 12.5 Å². The molecule has 1 saturated carbocycles. The Morgan fingerprint density at radius 3 is 2.70 bits per heavy atom. The van der Waals surface area contributed by atoms with Gasteiger partial charge in [0.25, 0.3) is 0 Å². The van der Waals surface area contributed by atoms with Gasteiger partial charge in [0.2, 0.25) is 5.91 Å². The van der Waals surface area contributed by atoms with Crippen molar-refractivity contribution in [1.29, 1.82) is 0 Å². The smallest absolute Gasteiger partial charge is 0.338 e. The van der Waals surface area contributed by atoms with Crippen LogP contribution in [-0.4, -0.2) is 25.0 Å². The Morgan fingerprint density at radius 2 is 2.15 bits per heavy atom. The molecule has 1 amide bonds. The molecular weight excluding hydrogens is 256 g/mol. The number of anilines is 1. The van der Waals surface area contributed by atoms with Crippen molar-refractivity contribution in [3.8, 4) is 0 Å². The summed E-state index contributed by atoms with van der Waals surface area (Å²) >= 11 is 0. The zero-order valence-electron chi connectivity index (χ0n) is 11.6. The Hall–Kier alpha value is -1.88. The molecular formula is C15H20N2O3. The summed E-state index contributed by atoms with van der Waals surface area (Å²) in [6.07, 6.45) is 2.69. The van der Waals surface area contributed by atoms with E-state index in [1.54, 1.807) is 31.2 Å². The third kappa shape index (κ3) is 2.82. The van der Waals surface area contributed by atoms with Crippen LogP contribution in [0.25, 0.3) is 0 Å². The number of hydrogen-bond donors (Lipinski definition) is 2. The van der Waals surface area contributed by atoms with Gasteiger partial charge < -0.3 is 15.8 Å². The van der Waals surface area contributed by atoms with E-state index in [1.807, 2.05) is 0 Å². The number of carbonyl (C=O) groups is 2. The number of hydrogen-bond acceptors (Lipinski definition) is 4. The minimum absolute atomic E-state index is 0.0627. The van der Waals surface area contributed by atoms with Crippen LogP contribution in [0.15, 0.2) is 24.3 Å². The summed E-state index contributed by atoms with van der Waals surface area (Å²) in [6, 6.07) is 6.76. The zero-order valence-corrected chi connectivity index (χ0v) is 11.6. The van der Waals surface area contributed by atoms with E-state index in [2.05, 4.69) is 5.32 Å². The molecule has 2 rings (SSSR count). The summed E-state index contributed by atoms with van der Waals surface area (Å²) in [5.41, 5.74) is 6.30. The molecule has 1 aromatic rings. The van der Waals surface area contributed by atoms with E-state index in [0.717, 1.165) is 19.3 Å². The number of carbonyl (C=O) groups excluding carboxylic acids is 2. The molecule has 3 N–H and O–H groups in total. The van der Waals surface area contributed by atoms with Crippen molar-refractivity contribution in [1.82, 2.24) is 0 Å². The molecule has 0 saturated heterocycles. The predicted molar refractivity (Wildman–Crippen MR) is 76.4 cm³/mol. The van der Waals surface area contributed by atoms with Crippen LogP contribution in [-0.2, 0) is 9.53 Å². The van der Waals surface area contributed by atoms with E-state index < -0.39 is 5.41 Å². The first-order chi connectivity index (χ1) is 9.61. The molecule has 20 heavy (non-hydrogen) atoms. The molecule has 0 heterocycles. The highest BCUT2D eigenvalue weighted by Crippen LogP contribution is 2.40. The van der Waals surface area contributed by atoms with Crippen LogP contribution in [0.2, 0.25) is 0 Å². The summed E-state index contributed by atoms with van der Waals surface area (Å²) in [4.78, 5) is 23.9. The average molecular weight is 276 g/mol. The molecule has 1 fully saturated rings. The van der Waals surface area contributed by atoms with Crippen LogP contribution in [0.4, 0.5) is 5.69 Å². The minimum Gasteiger partial charge on any atom is -0.462 e. The van der Waals surface area contributed by atoms with Crippen molar-refractivity contribution >= 4 is 17.6 Å². The normalized spacial score (nSPS) is 16.1. The van der Waals surface area contributed by atoms with E-state index in [4.69, 9.17) is 10.5 Å². The molecule has 1 aromatic carbocycles. The number of nitrogens with two attached hydrogens (primary N) is 1. The predicted octanol–water partition coefficient (Wildman–Crippen LogP) is 1.93. The lowest BCUT2D eigenvalue weighted by Gasteiger charge is -2.39. The SMILES string of the molecule is CCOC(=O)c1cccc(NC(=O)C2(CN)CCC2)c1. The third-order valence-corrected chi connectivity index (χ3v) is 3.81. The standard InChI is InChI=1S/C15H20N2O3/c1-2-20-13(18)11-5-3-6-12(9-11)17-14(19)15(10-16)7-4-8-15/h3,5-6,9H,2,4,7-8,10,16H2,1H3,(H,17,19). The zero-order chi connectivity index (χ0) is 14.6. The lowest BCUT2D eigenvalue weighted by molar-refractivity contribution is -0.129. The lowest BCUT2D eigenvalue weighted by Crippen LogP contribution is -2.47. The molecule has 5 nitrogen and oxygen atoms in total. The van der Waals surface area contributed by atoms with Gasteiger partial charge in [-0.3, -0.25) is 4.79 Å². The van der Waals surface area contributed by atoms with Crippen molar-refractivity contribution in [3.05, 3.63) is 29.8 Å². The second kappa shape index (κ2) is 6.05. The topological polar surface area (TPSA) is 81.4 Å². The molecule has 0 spiro atoms. The second-order valence-corrected chi connectivity index (χ2v) is 5.09. The first-order valence-corrected chi connectivity index (χ1v) is 6.90. The van der Waals surface area contributed by atoms with Crippen molar-refractivity contribution < 1.29 is 14.3 Å². The molecule has 1 aliphatic carbocycles. The minimum atomic E-state index is -0.431. The molecule has 108 valence electrons. The third-order valence-electron chi connectivity index (χ3n) is 3.81. The highest BCUT2D eigenvalue weighted by Gasteiger charge is 2.42. The molecule has 1 aliphatic rings. The maximum absolute atomic E-state index is 12.2. The Labute approximate surface area is 118 Å². The fourth-order valence-corrected chi connectivity index (χ4v) is 2.33. The maximum atomic E-state index is 12.2. The van der Waals surface area contributed by atoms with Crippen LogP contribution >= 0.6 is 0 Å². The number of ether oxygens (including phenoxy) is 1. The Bertz CT molecular complexity index is 504. The summed E-state index contributed by atoms with van der Waals surface area (Å²) in [5, 5.41) is 2.85. The van der Waals surface area contributed by atoms with Crippen molar-refractivity contribution in [3.63, 3.8) is 0 Å². The molecule has 0 radical (unpaired) electrons. The Morgan fingerprint density at radius 1 is 1.40 bits per heavy atom.